The Morgan fingerprint density at radius 2 is 2.18 bits per heavy atom. The Morgan fingerprint density at radius 1 is 1.55 bits per heavy atom. The largest absolute Gasteiger partial charge is 0.394 e. The van der Waals surface area contributed by atoms with Crippen molar-refractivity contribution >= 4 is 0 Å². The van der Waals surface area contributed by atoms with Crippen LogP contribution in [0.25, 0.3) is 0 Å². The highest BCUT2D eigenvalue weighted by Crippen LogP contribution is 2.05. The molecule has 0 aliphatic rings. The zero-order chi connectivity index (χ0) is 8.69. The molecule has 0 aliphatic carbocycles. The molecule has 0 unspecified atom stereocenters. The van der Waals surface area contributed by atoms with E-state index < -0.39 is 0 Å². The van der Waals surface area contributed by atoms with Gasteiger partial charge in [-0.05, 0) is 25.1 Å². The van der Waals surface area contributed by atoms with Gasteiger partial charge in [0.25, 0.3) is 0 Å². The van der Waals surface area contributed by atoms with Gasteiger partial charge in [-0.3, -0.25) is 0 Å². The summed E-state index contributed by atoms with van der Waals surface area (Å²) >= 11 is 0. The molecule has 11 heavy (non-hydrogen) atoms. The van der Waals surface area contributed by atoms with Gasteiger partial charge >= 0.3 is 0 Å². The van der Waals surface area contributed by atoms with Gasteiger partial charge in [-0.15, -0.1) is 0 Å². The van der Waals surface area contributed by atoms with Crippen molar-refractivity contribution in [2.45, 2.75) is 20.3 Å². The van der Waals surface area contributed by atoms with Gasteiger partial charge in [0.05, 0.1) is 0 Å². The quantitative estimate of drug-likeness (QED) is 0.609. The van der Waals surface area contributed by atoms with Crippen LogP contribution in [0.3, 0.4) is 0 Å². The van der Waals surface area contributed by atoms with Crippen molar-refractivity contribution in [3.63, 3.8) is 0 Å². The average Bonchev–Trinajstić information content (AvgIpc) is 2.03. The maximum Gasteiger partial charge on any atom is 0.00278 e. The van der Waals surface area contributed by atoms with E-state index in [4.69, 9.17) is 0 Å². The lowest BCUT2D eigenvalue weighted by Gasteiger charge is -1.98. The maximum absolute atomic E-state index is 3.69. The summed E-state index contributed by atoms with van der Waals surface area (Å²) in [6, 6.07) is 0. The van der Waals surface area contributed by atoms with Crippen LogP contribution in [-0.4, -0.2) is 7.05 Å². The van der Waals surface area contributed by atoms with Gasteiger partial charge in [0, 0.05) is 7.05 Å². The predicted molar refractivity (Wildman–Crippen MR) is 51.4 cm³/mol. The lowest BCUT2D eigenvalue weighted by Crippen LogP contribution is -1.94. The molecule has 0 saturated heterocycles. The van der Waals surface area contributed by atoms with Crippen molar-refractivity contribution in [2.75, 3.05) is 7.05 Å². The van der Waals surface area contributed by atoms with Crippen molar-refractivity contribution in [1.29, 1.82) is 0 Å². The Kier molecular flexibility index (Phi) is 5.26. The number of hydrogen-bond acceptors (Lipinski definition) is 1. The lowest BCUT2D eigenvalue weighted by molar-refractivity contribution is 1.04. The van der Waals surface area contributed by atoms with Crippen LogP contribution in [0.15, 0.2) is 36.1 Å². The number of nitrogens with one attached hydrogen (secondary N) is 1. The highest BCUT2D eigenvalue weighted by molar-refractivity contribution is 5.27. The minimum absolute atomic E-state index is 1.05. The van der Waals surface area contributed by atoms with Crippen LogP contribution in [0, 0.1) is 0 Å². The highest BCUT2D eigenvalue weighted by Gasteiger charge is 1.87. The summed E-state index contributed by atoms with van der Waals surface area (Å²) in [7, 11) is 1.91. The second kappa shape index (κ2) is 5.78. The Bertz CT molecular complexity index is 175. The SMILES string of the molecule is C=C/C(C)=C\C(=C/NC)CC. The third-order valence-electron chi connectivity index (χ3n) is 1.47. The van der Waals surface area contributed by atoms with Crippen LogP contribution in [0.1, 0.15) is 20.3 Å². The Hall–Kier alpha value is -0.980. The first kappa shape index (κ1) is 10.0. The van der Waals surface area contributed by atoms with Crippen LogP contribution in [0.4, 0.5) is 0 Å². The molecule has 1 heteroatoms. The minimum Gasteiger partial charge on any atom is -0.394 e. The summed E-state index contributed by atoms with van der Waals surface area (Å²) in [6.07, 6.45) is 7.04. The second-order valence-corrected chi connectivity index (χ2v) is 2.45. The van der Waals surface area contributed by atoms with Crippen LogP contribution < -0.4 is 5.32 Å². The van der Waals surface area contributed by atoms with Gasteiger partial charge < -0.3 is 5.32 Å². The van der Waals surface area contributed by atoms with E-state index in [2.05, 4.69) is 24.9 Å². The molecule has 0 spiro atoms. The summed E-state index contributed by atoms with van der Waals surface area (Å²) in [5, 5.41) is 3.01. The highest BCUT2D eigenvalue weighted by atomic mass is 14.8. The van der Waals surface area contributed by atoms with Gasteiger partial charge in [-0.1, -0.05) is 31.2 Å². The molecular weight excluding hydrogens is 134 g/mol. The van der Waals surface area contributed by atoms with Crippen LogP contribution >= 0.6 is 0 Å². The molecule has 0 bridgehead atoms. The third kappa shape index (κ3) is 4.43. The predicted octanol–water partition coefficient (Wildman–Crippen LogP) is 2.63. The fraction of sp³-hybridized carbons (Fsp3) is 0.400. The summed E-state index contributed by atoms with van der Waals surface area (Å²) in [6.45, 7) is 7.87. The van der Waals surface area contributed by atoms with E-state index in [1.807, 2.05) is 26.2 Å². The fourth-order valence-corrected chi connectivity index (χ4v) is 0.783. The van der Waals surface area contributed by atoms with E-state index in [0.717, 1.165) is 6.42 Å². The van der Waals surface area contributed by atoms with Crippen LogP contribution in [-0.2, 0) is 0 Å². The Morgan fingerprint density at radius 3 is 2.55 bits per heavy atom. The molecule has 0 aliphatic heterocycles. The monoisotopic (exact) mass is 151 g/mol. The molecule has 0 aromatic rings. The van der Waals surface area contributed by atoms with Gasteiger partial charge in [-0.2, -0.15) is 0 Å². The zero-order valence-electron chi connectivity index (χ0n) is 7.65. The summed E-state index contributed by atoms with van der Waals surface area (Å²) in [4.78, 5) is 0. The molecule has 0 radical (unpaired) electrons. The summed E-state index contributed by atoms with van der Waals surface area (Å²) < 4.78 is 0. The second-order valence-electron chi connectivity index (χ2n) is 2.45. The standard InChI is InChI=1S/C10H17N/c1-5-9(3)7-10(6-2)8-11-4/h5,7-8,11H,1,6H2,2-4H3/b9-7-,10-8-. The Labute approximate surface area is 69.5 Å². The van der Waals surface area contributed by atoms with E-state index >= 15 is 0 Å². The Balaban J connectivity index is 4.28. The smallest absolute Gasteiger partial charge is 0.00278 e. The molecular formula is C10H17N. The van der Waals surface area contributed by atoms with E-state index in [1.165, 1.54) is 11.1 Å². The van der Waals surface area contributed by atoms with Gasteiger partial charge in [0.2, 0.25) is 0 Å². The molecule has 1 nitrogen and oxygen atoms in total. The molecule has 1 N–H and O–H groups in total. The van der Waals surface area contributed by atoms with Crippen molar-refractivity contribution in [3.05, 3.63) is 36.1 Å². The fourth-order valence-electron chi connectivity index (χ4n) is 0.783. The molecule has 0 heterocycles. The van der Waals surface area contributed by atoms with Gasteiger partial charge in [0.15, 0.2) is 0 Å². The zero-order valence-corrected chi connectivity index (χ0v) is 7.65. The summed E-state index contributed by atoms with van der Waals surface area (Å²) in [5.41, 5.74) is 2.50. The van der Waals surface area contributed by atoms with Gasteiger partial charge in [-0.25, -0.2) is 0 Å². The molecule has 0 saturated carbocycles. The van der Waals surface area contributed by atoms with E-state index in [1.54, 1.807) is 0 Å². The van der Waals surface area contributed by atoms with Crippen molar-refractivity contribution in [1.82, 2.24) is 5.32 Å². The van der Waals surface area contributed by atoms with Crippen molar-refractivity contribution in [2.24, 2.45) is 0 Å². The lowest BCUT2D eigenvalue weighted by atomic mass is 10.1. The first-order chi connectivity index (χ1) is 5.24. The molecule has 0 aromatic carbocycles. The number of hydrogen-bond donors (Lipinski definition) is 1. The molecule has 62 valence electrons. The first-order valence-electron chi connectivity index (χ1n) is 3.91. The maximum atomic E-state index is 3.69. The average molecular weight is 151 g/mol. The molecule has 0 amide bonds. The van der Waals surface area contributed by atoms with Crippen LogP contribution in [0.5, 0.6) is 0 Å². The van der Waals surface area contributed by atoms with Gasteiger partial charge in [0.1, 0.15) is 0 Å². The molecule has 0 aromatic heterocycles. The normalized spacial score (nSPS) is 13.0. The third-order valence-corrected chi connectivity index (χ3v) is 1.47. The topological polar surface area (TPSA) is 12.0 Å². The van der Waals surface area contributed by atoms with Crippen molar-refractivity contribution < 1.29 is 0 Å². The minimum atomic E-state index is 1.05. The molecule has 0 atom stereocenters. The van der Waals surface area contributed by atoms with Crippen molar-refractivity contribution in [3.8, 4) is 0 Å². The van der Waals surface area contributed by atoms with E-state index in [-0.39, 0.29) is 0 Å². The van der Waals surface area contributed by atoms with E-state index in [0.29, 0.717) is 0 Å². The number of rotatable bonds is 4. The first-order valence-corrected chi connectivity index (χ1v) is 3.91. The number of allylic oxidation sites excluding steroid dienone is 4. The molecule has 0 rings (SSSR count). The van der Waals surface area contributed by atoms with Crippen LogP contribution in [0.2, 0.25) is 0 Å². The van der Waals surface area contributed by atoms with E-state index in [9.17, 15) is 0 Å². The summed E-state index contributed by atoms with van der Waals surface area (Å²) in [5.74, 6) is 0. The molecule has 0 fully saturated rings.